The van der Waals surface area contributed by atoms with Crippen molar-refractivity contribution >= 4 is 5.97 Å². The van der Waals surface area contributed by atoms with Gasteiger partial charge in [-0.15, -0.1) is 0 Å². The van der Waals surface area contributed by atoms with E-state index in [0.717, 1.165) is 25.4 Å². The van der Waals surface area contributed by atoms with Gasteiger partial charge in [-0.3, -0.25) is 9.69 Å². The van der Waals surface area contributed by atoms with Crippen LogP contribution in [-0.2, 0) is 4.79 Å². The number of hydrogen-bond donors (Lipinski definition) is 1. The fourth-order valence-corrected chi connectivity index (χ4v) is 3.83. The van der Waals surface area contributed by atoms with Gasteiger partial charge in [-0.05, 0) is 50.0 Å². The van der Waals surface area contributed by atoms with Crippen molar-refractivity contribution in [2.75, 3.05) is 13.1 Å². The maximum atomic E-state index is 11.1. The molecule has 110 valence electrons. The van der Waals surface area contributed by atoms with Crippen LogP contribution in [0.25, 0.3) is 0 Å². The zero-order valence-electron chi connectivity index (χ0n) is 12.7. The Morgan fingerprint density at radius 2 is 1.84 bits per heavy atom. The number of hydrogen-bond acceptors (Lipinski definition) is 2. The highest BCUT2D eigenvalue weighted by Gasteiger charge is 2.34. The summed E-state index contributed by atoms with van der Waals surface area (Å²) in [6.45, 7) is 8.83. The van der Waals surface area contributed by atoms with E-state index in [-0.39, 0.29) is 5.92 Å². The lowest BCUT2D eigenvalue weighted by atomic mass is 9.76. The van der Waals surface area contributed by atoms with Crippen molar-refractivity contribution < 1.29 is 9.90 Å². The Bertz CT molecular complexity index is 321. The third-order valence-corrected chi connectivity index (χ3v) is 5.25. The standard InChI is InChI=1S/C16H29NO2/c1-16(2,3)13-5-4-6-14(8-7-13)17-10-9-12(11-17)15(18)19/h12-14H,4-11H2,1-3H3,(H,18,19). The molecule has 1 saturated carbocycles. The second-order valence-corrected chi connectivity index (χ2v) is 7.54. The molecule has 3 nitrogen and oxygen atoms in total. The molecular formula is C16H29NO2. The molecule has 0 radical (unpaired) electrons. The Morgan fingerprint density at radius 3 is 2.42 bits per heavy atom. The first-order valence-corrected chi connectivity index (χ1v) is 7.85. The molecule has 2 aliphatic rings. The second kappa shape index (κ2) is 5.82. The summed E-state index contributed by atoms with van der Waals surface area (Å²) in [5, 5.41) is 9.11. The zero-order valence-corrected chi connectivity index (χ0v) is 12.7. The van der Waals surface area contributed by atoms with Crippen LogP contribution < -0.4 is 0 Å². The quantitative estimate of drug-likeness (QED) is 0.780. The van der Waals surface area contributed by atoms with Crippen molar-refractivity contribution in [1.82, 2.24) is 4.90 Å². The van der Waals surface area contributed by atoms with Gasteiger partial charge < -0.3 is 5.11 Å². The minimum absolute atomic E-state index is 0.123. The summed E-state index contributed by atoms with van der Waals surface area (Å²) < 4.78 is 0. The normalized spacial score (nSPS) is 34.2. The molecule has 3 atom stereocenters. The van der Waals surface area contributed by atoms with E-state index in [2.05, 4.69) is 25.7 Å². The van der Waals surface area contributed by atoms with Gasteiger partial charge in [-0.1, -0.05) is 27.2 Å². The number of rotatable bonds is 2. The lowest BCUT2D eigenvalue weighted by Gasteiger charge is -2.30. The topological polar surface area (TPSA) is 40.5 Å². The van der Waals surface area contributed by atoms with E-state index in [1.54, 1.807) is 0 Å². The van der Waals surface area contributed by atoms with Gasteiger partial charge in [0, 0.05) is 12.6 Å². The van der Waals surface area contributed by atoms with E-state index in [0.29, 0.717) is 11.5 Å². The van der Waals surface area contributed by atoms with Crippen molar-refractivity contribution in [3.05, 3.63) is 0 Å². The molecule has 1 saturated heterocycles. The number of likely N-dealkylation sites (tertiary alicyclic amines) is 1. The molecule has 0 spiro atoms. The molecule has 0 amide bonds. The highest BCUT2D eigenvalue weighted by atomic mass is 16.4. The number of carboxylic acids is 1. The fraction of sp³-hybridized carbons (Fsp3) is 0.938. The zero-order chi connectivity index (χ0) is 14.0. The van der Waals surface area contributed by atoms with Gasteiger partial charge >= 0.3 is 5.97 Å². The molecule has 0 aromatic rings. The first-order valence-electron chi connectivity index (χ1n) is 7.85. The molecule has 1 aliphatic carbocycles. The van der Waals surface area contributed by atoms with E-state index in [1.165, 1.54) is 32.1 Å². The summed E-state index contributed by atoms with van der Waals surface area (Å²) in [6, 6.07) is 0.636. The van der Waals surface area contributed by atoms with Crippen molar-refractivity contribution in [2.24, 2.45) is 17.3 Å². The molecule has 3 unspecified atom stereocenters. The summed E-state index contributed by atoms with van der Waals surface area (Å²) >= 11 is 0. The Labute approximate surface area is 117 Å². The largest absolute Gasteiger partial charge is 0.481 e. The third kappa shape index (κ3) is 3.71. The predicted octanol–water partition coefficient (Wildman–Crippen LogP) is 3.39. The first kappa shape index (κ1) is 14.8. The van der Waals surface area contributed by atoms with Crippen LogP contribution in [0.5, 0.6) is 0 Å². The Morgan fingerprint density at radius 1 is 1.11 bits per heavy atom. The Kier molecular flexibility index (Phi) is 4.54. The van der Waals surface area contributed by atoms with Crippen molar-refractivity contribution in [1.29, 1.82) is 0 Å². The molecule has 2 rings (SSSR count). The van der Waals surface area contributed by atoms with Gasteiger partial charge in [-0.2, -0.15) is 0 Å². The maximum absolute atomic E-state index is 11.1. The van der Waals surface area contributed by atoms with Gasteiger partial charge in [0.1, 0.15) is 0 Å². The molecule has 1 aliphatic heterocycles. The average molecular weight is 267 g/mol. The van der Waals surface area contributed by atoms with E-state index >= 15 is 0 Å². The van der Waals surface area contributed by atoms with E-state index in [4.69, 9.17) is 5.11 Å². The molecule has 2 fully saturated rings. The summed E-state index contributed by atoms with van der Waals surface area (Å²) in [5.74, 6) is 0.0979. The van der Waals surface area contributed by atoms with E-state index < -0.39 is 5.97 Å². The number of carbonyl (C=O) groups is 1. The fourth-order valence-electron chi connectivity index (χ4n) is 3.83. The Balaban J connectivity index is 1.88. The SMILES string of the molecule is CC(C)(C)C1CCCC(N2CCC(C(=O)O)C2)CC1. The van der Waals surface area contributed by atoms with Crippen molar-refractivity contribution in [2.45, 2.75) is 65.3 Å². The summed E-state index contributed by atoms with van der Waals surface area (Å²) in [7, 11) is 0. The molecule has 1 N–H and O–H groups in total. The summed E-state index contributed by atoms with van der Waals surface area (Å²) in [4.78, 5) is 13.5. The minimum atomic E-state index is -0.608. The van der Waals surface area contributed by atoms with Crippen LogP contribution in [0.3, 0.4) is 0 Å². The molecule has 0 aromatic carbocycles. The molecule has 0 bridgehead atoms. The number of nitrogens with zero attached hydrogens (tertiary/aromatic N) is 1. The van der Waals surface area contributed by atoms with Crippen LogP contribution in [0.2, 0.25) is 0 Å². The van der Waals surface area contributed by atoms with Crippen molar-refractivity contribution in [3.63, 3.8) is 0 Å². The van der Waals surface area contributed by atoms with Crippen LogP contribution in [0.1, 0.15) is 59.3 Å². The molecule has 19 heavy (non-hydrogen) atoms. The maximum Gasteiger partial charge on any atom is 0.307 e. The second-order valence-electron chi connectivity index (χ2n) is 7.54. The first-order chi connectivity index (χ1) is 8.88. The molecule has 0 aromatic heterocycles. The third-order valence-electron chi connectivity index (χ3n) is 5.25. The molecular weight excluding hydrogens is 238 g/mol. The summed E-state index contributed by atoms with van der Waals surface area (Å²) in [6.07, 6.45) is 7.32. The van der Waals surface area contributed by atoms with E-state index in [9.17, 15) is 4.79 Å². The molecule has 1 heterocycles. The number of aliphatic carboxylic acids is 1. The van der Waals surface area contributed by atoms with Crippen LogP contribution in [0.4, 0.5) is 0 Å². The van der Waals surface area contributed by atoms with Gasteiger partial charge in [0.2, 0.25) is 0 Å². The Hall–Kier alpha value is -0.570. The highest BCUT2D eigenvalue weighted by Crippen LogP contribution is 2.38. The monoisotopic (exact) mass is 267 g/mol. The van der Waals surface area contributed by atoms with Crippen LogP contribution in [-0.4, -0.2) is 35.1 Å². The average Bonchev–Trinajstić information content (AvgIpc) is 2.66. The van der Waals surface area contributed by atoms with Gasteiger partial charge in [0.25, 0.3) is 0 Å². The number of carboxylic acid groups (broad SMARTS) is 1. The summed E-state index contributed by atoms with van der Waals surface area (Å²) in [5.41, 5.74) is 0.420. The van der Waals surface area contributed by atoms with Gasteiger partial charge in [0.05, 0.1) is 5.92 Å². The van der Waals surface area contributed by atoms with Crippen LogP contribution >= 0.6 is 0 Å². The lowest BCUT2D eigenvalue weighted by Crippen LogP contribution is -2.34. The van der Waals surface area contributed by atoms with Gasteiger partial charge in [-0.25, -0.2) is 0 Å². The van der Waals surface area contributed by atoms with Crippen molar-refractivity contribution in [3.8, 4) is 0 Å². The van der Waals surface area contributed by atoms with Gasteiger partial charge in [0.15, 0.2) is 0 Å². The van der Waals surface area contributed by atoms with Crippen LogP contribution in [0, 0.1) is 17.3 Å². The minimum Gasteiger partial charge on any atom is -0.481 e. The predicted molar refractivity (Wildman–Crippen MR) is 77.1 cm³/mol. The lowest BCUT2D eigenvalue weighted by molar-refractivity contribution is -0.141. The smallest absolute Gasteiger partial charge is 0.307 e. The van der Waals surface area contributed by atoms with E-state index in [1.807, 2.05) is 0 Å². The molecule has 3 heteroatoms. The highest BCUT2D eigenvalue weighted by molar-refractivity contribution is 5.70. The van der Waals surface area contributed by atoms with Crippen LogP contribution in [0.15, 0.2) is 0 Å².